The van der Waals surface area contributed by atoms with Crippen molar-refractivity contribution in [2.24, 2.45) is 0 Å². The Bertz CT molecular complexity index is 793. The van der Waals surface area contributed by atoms with E-state index in [1.54, 1.807) is 36.4 Å². The number of fused-ring (bicyclic) bond motifs is 1. The van der Waals surface area contributed by atoms with Crippen LogP contribution in [0.2, 0.25) is 0 Å². The SMILES string of the molecule is CN(C)c1ccc(C(=O)OCCN2C(=O)c3ccccc3C2=O)cc1. The molecule has 0 saturated carbocycles. The minimum atomic E-state index is -0.484. The minimum Gasteiger partial charge on any atom is -0.460 e. The molecule has 0 unspecified atom stereocenters. The van der Waals surface area contributed by atoms with Gasteiger partial charge in [0.2, 0.25) is 0 Å². The lowest BCUT2D eigenvalue weighted by Crippen LogP contribution is -2.33. The van der Waals surface area contributed by atoms with Gasteiger partial charge in [-0.2, -0.15) is 0 Å². The molecular weight excluding hydrogens is 320 g/mol. The van der Waals surface area contributed by atoms with Crippen LogP contribution in [0, 0.1) is 0 Å². The summed E-state index contributed by atoms with van der Waals surface area (Å²) in [5.41, 5.74) is 2.17. The highest BCUT2D eigenvalue weighted by molar-refractivity contribution is 6.21. The topological polar surface area (TPSA) is 66.9 Å². The van der Waals surface area contributed by atoms with Crippen molar-refractivity contribution in [3.05, 3.63) is 65.2 Å². The van der Waals surface area contributed by atoms with E-state index in [0.29, 0.717) is 16.7 Å². The van der Waals surface area contributed by atoms with Crippen LogP contribution in [0.3, 0.4) is 0 Å². The van der Waals surface area contributed by atoms with E-state index < -0.39 is 5.97 Å². The fourth-order valence-electron chi connectivity index (χ4n) is 2.65. The molecule has 1 aliphatic rings. The highest BCUT2D eigenvalue weighted by Gasteiger charge is 2.34. The van der Waals surface area contributed by atoms with E-state index in [1.807, 2.05) is 31.1 Å². The van der Waals surface area contributed by atoms with Crippen molar-refractivity contribution >= 4 is 23.5 Å². The zero-order chi connectivity index (χ0) is 18.0. The van der Waals surface area contributed by atoms with E-state index in [-0.39, 0.29) is 25.0 Å². The first-order chi connectivity index (χ1) is 12.0. The lowest BCUT2D eigenvalue weighted by atomic mass is 10.1. The number of rotatable bonds is 5. The Hall–Kier alpha value is -3.15. The summed E-state index contributed by atoms with van der Waals surface area (Å²) in [6.45, 7) is -0.00635. The summed E-state index contributed by atoms with van der Waals surface area (Å²) < 4.78 is 5.19. The predicted octanol–water partition coefficient (Wildman–Crippen LogP) is 2.21. The van der Waals surface area contributed by atoms with Gasteiger partial charge in [0.1, 0.15) is 6.61 Å². The van der Waals surface area contributed by atoms with Crippen LogP contribution in [0.25, 0.3) is 0 Å². The number of nitrogens with zero attached hydrogens (tertiary/aromatic N) is 2. The zero-order valence-corrected chi connectivity index (χ0v) is 14.1. The molecule has 2 aromatic carbocycles. The third-order valence-electron chi connectivity index (χ3n) is 4.05. The second kappa shape index (κ2) is 6.76. The minimum absolute atomic E-state index is 0.0356. The summed E-state index contributed by atoms with van der Waals surface area (Å²) in [6, 6.07) is 13.7. The second-order valence-corrected chi connectivity index (χ2v) is 5.88. The maximum Gasteiger partial charge on any atom is 0.338 e. The van der Waals surface area contributed by atoms with Gasteiger partial charge in [-0.3, -0.25) is 14.5 Å². The average molecular weight is 338 g/mol. The highest BCUT2D eigenvalue weighted by Crippen LogP contribution is 2.22. The van der Waals surface area contributed by atoms with Crippen molar-refractivity contribution < 1.29 is 19.1 Å². The third-order valence-corrected chi connectivity index (χ3v) is 4.05. The zero-order valence-electron chi connectivity index (χ0n) is 14.1. The first kappa shape index (κ1) is 16.7. The van der Waals surface area contributed by atoms with Gasteiger partial charge in [-0.1, -0.05) is 12.1 Å². The molecule has 0 radical (unpaired) electrons. The summed E-state index contributed by atoms with van der Waals surface area (Å²) in [7, 11) is 3.82. The van der Waals surface area contributed by atoms with E-state index in [2.05, 4.69) is 0 Å². The Morgan fingerprint density at radius 3 is 2.04 bits per heavy atom. The van der Waals surface area contributed by atoms with Gasteiger partial charge < -0.3 is 9.64 Å². The Morgan fingerprint density at radius 2 is 1.52 bits per heavy atom. The molecule has 0 fully saturated rings. The van der Waals surface area contributed by atoms with Crippen LogP contribution in [0.15, 0.2) is 48.5 Å². The molecule has 6 heteroatoms. The summed E-state index contributed by atoms with van der Waals surface area (Å²) in [5.74, 6) is -1.19. The van der Waals surface area contributed by atoms with Crippen molar-refractivity contribution in [3.8, 4) is 0 Å². The molecule has 0 saturated heterocycles. The average Bonchev–Trinajstić information content (AvgIpc) is 2.87. The number of carbonyl (C=O) groups is 3. The van der Waals surface area contributed by atoms with Crippen LogP contribution in [-0.2, 0) is 4.74 Å². The molecule has 0 aromatic heterocycles. The number of esters is 1. The van der Waals surface area contributed by atoms with Crippen LogP contribution in [0.5, 0.6) is 0 Å². The monoisotopic (exact) mass is 338 g/mol. The fraction of sp³-hybridized carbons (Fsp3) is 0.211. The number of hydrogen-bond donors (Lipinski definition) is 0. The summed E-state index contributed by atoms with van der Waals surface area (Å²) in [4.78, 5) is 39.5. The molecule has 0 atom stereocenters. The van der Waals surface area contributed by atoms with E-state index in [1.165, 1.54) is 0 Å². The summed E-state index contributed by atoms with van der Waals surface area (Å²) >= 11 is 0. The fourth-order valence-corrected chi connectivity index (χ4v) is 2.65. The quantitative estimate of drug-likeness (QED) is 0.618. The van der Waals surface area contributed by atoms with Crippen LogP contribution in [-0.4, -0.2) is 49.9 Å². The molecule has 0 spiro atoms. The van der Waals surface area contributed by atoms with E-state index in [0.717, 1.165) is 10.6 Å². The first-order valence-electron chi connectivity index (χ1n) is 7.89. The molecule has 2 aromatic rings. The third kappa shape index (κ3) is 3.24. The first-order valence-corrected chi connectivity index (χ1v) is 7.89. The van der Waals surface area contributed by atoms with Crippen molar-refractivity contribution in [1.82, 2.24) is 4.90 Å². The number of anilines is 1. The normalized spacial score (nSPS) is 13.0. The molecule has 0 bridgehead atoms. The van der Waals surface area contributed by atoms with Gasteiger partial charge in [0.05, 0.1) is 23.2 Å². The molecule has 3 rings (SSSR count). The Morgan fingerprint density at radius 1 is 0.960 bits per heavy atom. The number of amides is 2. The predicted molar refractivity (Wildman–Crippen MR) is 92.9 cm³/mol. The molecule has 25 heavy (non-hydrogen) atoms. The summed E-state index contributed by atoms with van der Waals surface area (Å²) in [6.07, 6.45) is 0. The lowest BCUT2D eigenvalue weighted by Gasteiger charge is -2.14. The van der Waals surface area contributed by atoms with Crippen LogP contribution >= 0.6 is 0 Å². The van der Waals surface area contributed by atoms with Crippen LogP contribution in [0.4, 0.5) is 5.69 Å². The number of imide groups is 1. The molecule has 1 aliphatic heterocycles. The van der Waals surface area contributed by atoms with Crippen molar-refractivity contribution in [2.75, 3.05) is 32.1 Å². The molecule has 1 heterocycles. The van der Waals surface area contributed by atoms with E-state index in [9.17, 15) is 14.4 Å². The van der Waals surface area contributed by atoms with Crippen molar-refractivity contribution in [2.45, 2.75) is 0 Å². The van der Waals surface area contributed by atoms with Gasteiger partial charge >= 0.3 is 5.97 Å². The Labute approximate surface area is 145 Å². The number of hydrogen-bond acceptors (Lipinski definition) is 5. The van der Waals surface area contributed by atoms with Crippen LogP contribution < -0.4 is 4.90 Å². The maximum atomic E-state index is 12.2. The maximum absolute atomic E-state index is 12.2. The van der Waals surface area contributed by atoms with Gasteiger partial charge in [-0.25, -0.2) is 4.79 Å². The second-order valence-electron chi connectivity index (χ2n) is 5.88. The highest BCUT2D eigenvalue weighted by atomic mass is 16.5. The van der Waals surface area contributed by atoms with Crippen molar-refractivity contribution in [3.63, 3.8) is 0 Å². The molecular formula is C19H18N2O4. The Balaban J connectivity index is 1.57. The van der Waals surface area contributed by atoms with Gasteiger partial charge in [-0.15, -0.1) is 0 Å². The molecule has 0 aliphatic carbocycles. The lowest BCUT2D eigenvalue weighted by molar-refractivity contribution is 0.0420. The Kier molecular flexibility index (Phi) is 4.52. The number of carbonyl (C=O) groups excluding carboxylic acids is 3. The largest absolute Gasteiger partial charge is 0.460 e. The standard InChI is InChI=1S/C19H18N2O4/c1-20(2)14-9-7-13(8-10-14)19(24)25-12-11-21-17(22)15-5-3-4-6-16(15)18(21)23/h3-10H,11-12H2,1-2H3. The van der Waals surface area contributed by atoms with Gasteiger partial charge in [0.15, 0.2) is 0 Å². The summed E-state index contributed by atoms with van der Waals surface area (Å²) in [5, 5.41) is 0. The molecule has 2 amide bonds. The van der Waals surface area contributed by atoms with E-state index >= 15 is 0 Å². The van der Waals surface area contributed by atoms with Gasteiger partial charge in [0.25, 0.3) is 11.8 Å². The van der Waals surface area contributed by atoms with Crippen LogP contribution in [0.1, 0.15) is 31.1 Å². The molecule has 0 N–H and O–H groups in total. The number of ether oxygens (including phenoxy) is 1. The smallest absolute Gasteiger partial charge is 0.338 e. The van der Waals surface area contributed by atoms with E-state index in [4.69, 9.17) is 4.74 Å². The molecule has 6 nitrogen and oxygen atoms in total. The number of benzene rings is 2. The van der Waals surface area contributed by atoms with Gasteiger partial charge in [0, 0.05) is 19.8 Å². The molecule has 128 valence electrons. The van der Waals surface area contributed by atoms with Gasteiger partial charge in [-0.05, 0) is 36.4 Å². The van der Waals surface area contributed by atoms with Crippen molar-refractivity contribution in [1.29, 1.82) is 0 Å².